The summed E-state index contributed by atoms with van der Waals surface area (Å²) in [5, 5.41) is 0. The molecule has 0 bridgehead atoms. The molecule has 2 aromatic rings. The van der Waals surface area contributed by atoms with Crippen LogP contribution in [-0.2, 0) is 16.1 Å². The number of ether oxygens (including phenoxy) is 1. The first-order valence-corrected chi connectivity index (χ1v) is 10.3. The van der Waals surface area contributed by atoms with Crippen LogP contribution in [0.1, 0.15) is 43.7 Å². The van der Waals surface area contributed by atoms with Gasteiger partial charge in [-0.3, -0.25) is 19.5 Å². The molecule has 0 radical (unpaired) electrons. The number of carbonyl (C=O) groups excluding carboxylic acids is 2. The van der Waals surface area contributed by atoms with E-state index in [2.05, 4.69) is 4.98 Å². The number of hydrogen-bond donors (Lipinski definition) is 0. The van der Waals surface area contributed by atoms with Crippen LogP contribution in [0.4, 0.5) is 5.69 Å². The number of benzene rings is 1. The van der Waals surface area contributed by atoms with Crippen LogP contribution in [-0.4, -0.2) is 40.4 Å². The summed E-state index contributed by atoms with van der Waals surface area (Å²) in [6, 6.07) is 9.83. The topological polar surface area (TPSA) is 62.7 Å². The van der Waals surface area contributed by atoms with Gasteiger partial charge in [0.2, 0.25) is 5.91 Å². The number of fused-ring (bicyclic) bond motifs is 1. The summed E-state index contributed by atoms with van der Waals surface area (Å²) < 4.78 is 5.74. The minimum atomic E-state index is -0.601. The highest BCUT2D eigenvalue weighted by Gasteiger charge is 2.35. The van der Waals surface area contributed by atoms with Crippen molar-refractivity contribution in [3.63, 3.8) is 0 Å². The second-order valence-electron chi connectivity index (χ2n) is 7.98. The van der Waals surface area contributed by atoms with Gasteiger partial charge in [0.15, 0.2) is 6.10 Å². The molecule has 0 unspecified atom stereocenters. The minimum absolute atomic E-state index is 0.0275. The molecule has 4 rings (SSSR count). The fraction of sp³-hybridized carbons (Fsp3) is 0.435. The maximum Gasteiger partial charge on any atom is 0.268 e. The lowest BCUT2D eigenvalue weighted by Crippen LogP contribution is -2.51. The van der Waals surface area contributed by atoms with E-state index in [1.807, 2.05) is 42.2 Å². The van der Waals surface area contributed by atoms with Gasteiger partial charge < -0.3 is 9.64 Å². The van der Waals surface area contributed by atoms with Crippen molar-refractivity contribution in [2.75, 3.05) is 11.4 Å². The zero-order valence-corrected chi connectivity index (χ0v) is 17.0. The number of aromatic nitrogens is 1. The van der Waals surface area contributed by atoms with Crippen LogP contribution in [0.2, 0.25) is 0 Å². The third-order valence-corrected chi connectivity index (χ3v) is 5.78. The molecule has 1 fully saturated rings. The molecule has 6 heteroatoms. The molecule has 1 aliphatic heterocycles. The summed E-state index contributed by atoms with van der Waals surface area (Å²) in [6.07, 6.45) is 7.23. The maximum absolute atomic E-state index is 13.4. The summed E-state index contributed by atoms with van der Waals surface area (Å²) >= 11 is 0. The van der Waals surface area contributed by atoms with Crippen LogP contribution in [0.15, 0.2) is 42.7 Å². The van der Waals surface area contributed by atoms with E-state index in [0.29, 0.717) is 18.0 Å². The molecule has 1 aliphatic carbocycles. The smallest absolute Gasteiger partial charge is 0.268 e. The largest absolute Gasteiger partial charge is 0.479 e. The first-order valence-electron chi connectivity index (χ1n) is 10.3. The highest BCUT2D eigenvalue weighted by molar-refractivity contribution is 6.03. The van der Waals surface area contributed by atoms with Crippen molar-refractivity contribution in [1.29, 1.82) is 0 Å². The molecule has 0 spiro atoms. The van der Waals surface area contributed by atoms with E-state index in [1.165, 1.54) is 0 Å². The molecule has 2 aliphatic rings. The lowest BCUT2D eigenvalue weighted by atomic mass is 10.1. The van der Waals surface area contributed by atoms with E-state index in [4.69, 9.17) is 4.74 Å². The normalized spacial score (nSPS) is 19.0. The molecule has 1 aromatic carbocycles. The maximum atomic E-state index is 13.4. The third-order valence-electron chi connectivity index (χ3n) is 5.78. The van der Waals surface area contributed by atoms with Crippen LogP contribution < -0.4 is 9.64 Å². The molecule has 29 heavy (non-hydrogen) atoms. The minimum Gasteiger partial charge on any atom is -0.479 e. The number of anilines is 1. The molecule has 0 N–H and O–H groups in total. The van der Waals surface area contributed by atoms with Crippen LogP contribution >= 0.6 is 0 Å². The summed E-state index contributed by atoms with van der Waals surface area (Å²) in [7, 11) is 0. The van der Waals surface area contributed by atoms with Crippen LogP contribution in [0, 0.1) is 6.92 Å². The van der Waals surface area contributed by atoms with E-state index in [1.54, 1.807) is 24.2 Å². The average Bonchev–Trinajstić information content (AvgIpc) is 3.25. The zero-order chi connectivity index (χ0) is 20.4. The second kappa shape index (κ2) is 8.23. The van der Waals surface area contributed by atoms with Crippen molar-refractivity contribution in [2.45, 2.75) is 58.2 Å². The predicted molar refractivity (Wildman–Crippen MR) is 111 cm³/mol. The van der Waals surface area contributed by atoms with E-state index in [-0.39, 0.29) is 24.4 Å². The summed E-state index contributed by atoms with van der Waals surface area (Å²) in [5.74, 6) is 0.440. The van der Waals surface area contributed by atoms with Gasteiger partial charge in [-0.2, -0.15) is 0 Å². The Morgan fingerprint density at radius 2 is 2.07 bits per heavy atom. The Balaban J connectivity index is 1.60. The first kappa shape index (κ1) is 19.4. The lowest BCUT2D eigenvalue weighted by molar-refractivity contribution is -0.135. The molecule has 2 amide bonds. The van der Waals surface area contributed by atoms with Crippen molar-refractivity contribution in [3.05, 3.63) is 53.9 Å². The van der Waals surface area contributed by atoms with E-state index >= 15 is 0 Å². The van der Waals surface area contributed by atoms with Crippen molar-refractivity contribution in [2.24, 2.45) is 0 Å². The van der Waals surface area contributed by atoms with Gasteiger partial charge in [0, 0.05) is 25.0 Å². The lowest BCUT2D eigenvalue weighted by Gasteiger charge is -2.36. The quantitative estimate of drug-likeness (QED) is 0.780. The highest BCUT2D eigenvalue weighted by atomic mass is 16.5. The van der Waals surface area contributed by atoms with Gasteiger partial charge in [-0.1, -0.05) is 25.0 Å². The number of amides is 2. The van der Waals surface area contributed by atoms with E-state index in [9.17, 15) is 9.59 Å². The standard InChI is InChI=1S/C23H27N3O3/c1-16-9-10-21-20(12-16)26(23(28)17(2)29-21)15-22(27)25(19-7-3-4-8-19)14-18-6-5-11-24-13-18/h5-6,9-13,17,19H,3-4,7-8,14-15H2,1-2H3/t17-/m1/s1. The number of aryl methyl sites for hydroxylation is 1. The van der Waals surface area contributed by atoms with Gasteiger partial charge in [0.05, 0.1) is 5.69 Å². The Morgan fingerprint density at radius 3 is 2.79 bits per heavy atom. The molecule has 1 aromatic heterocycles. The fourth-order valence-electron chi connectivity index (χ4n) is 4.23. The zero-order valence-electron chi connectivity index (χ0n) is 17.0. The average molecular weight is 393 g/mol. The third kappa shape index (κ3) is 4.11. The number of rotatable bonds is 5. The highest BCUT2D eigenvalue weighted by Crippen LogP contribution is 2.35. The van der Waals surface area contributed by atoms with Crippen molar-refractivity contribution in [1.82, 2.24) is 9.88 Å². The van der Waals surface area contributed by atoms with Crippen molar-refractivity contribution in [3.8, 4) is 5.75 Å². The van der Waals surface area contributed by atoms with Gasteiger partial charge in [0.1, 0.15) is 12.3 Å². The Morgan fingerprint density at radius 1 is 1.28 bits per heavy atom. The first-order chi connectivity index (χ1) is 14.0. The van der Waals surface area contributed by atoms with Gasteiger partial charge >= 0.3 is 0 Å². The van der Waals surface area contributed by atoms with Crippen LogP contribution in [0.25, 0.3) is 0 Å². The van der Waals surface area contributed by atoms with Crippen LogP contribution in [0.3, 0.4) is 0 Å². The Hall–Kier alpha value is -2.89. The van der Waals surface area contributed by atoms with Gasteiger partial charge in [-0.25, -0.2) is 0 Å². The number of nitrogens with zero attached hydrogens (tertiary/aromatic N) is 3. The van der Waals surface area contributed by atoms with Gasteiger partial charge in [-0.15, -0.1) is 0 Å². The Bertz CT molecular complexity index is 893. The van der Waals surface area contributed by atoms with Crippen molar-refractivity contribution < 1.29 is 14.3 Å². The summed E-state index contributed by atoms with van der Waals surface area (Å²) in [6.45, 7) is 4.24. The molecule has 6 nitrogen and oxygen atoms in total. The van der Waals surface area contributed by atoms with Crippen LogP contribution in [0.5, 0.6) is 5.75 Å². The Labute approximate surface area is 171 Å². The number of hydrogen-bond acceptors (Lipinski definition) is 4. The molecule has 2 heterocycles. The number of carbonyl (C=O) groups is 2. The SMILES string of the molecule is Cc1ccc2c(c1)N(CC(=O)N(Cc1cccnc1)C1CCCC1)C(=O)[C@@H](C)O2. The van der Waals surface area contributed by atoms with E-state index < -0.39 is 6.10 Å². The van der Waals surface area contributed by atoms with Gasteiger partial charge in [0.25, 0.3) is 5.91 Å². The monoisotopic (exact) mass is 393 g/mol. The van der Waals surface area contributed by atoms with E-state index in [0.717, 1.165) is 36.8 Å². The molecule has 1 atom stereocenters. The molecule has 0 saturated heterocycles. The van der Waals surface area contributed by atoms with Crippen molar-refractivity contribution >= 4 is 17.5 Å². The van der Waals surface area contributed by atoms with Gasteiger partial charge in [-0.05, 0) is 56.0 Å². The Kier molecular flexibility index (Phi) is 5.51. The molecular formula is C23H27N3O3. The second-order valence-corrected chi connectivity index (χ2v) is 7.98. The molecular weight excluding hydrogens is 366 g/mol. The number of pyridine rings is 1. The summed E-state index contributed by atoms with van der Waals surface area (Å²) in [5.41, 5.74) is 2.70. The summed E-state index contributed by atoms with van der Waals surface area (Å²) in [4.78, 5) is 34.0. The predicted octanol–water partition coefficient (Wildman–Crippen LogP) is 3.48. The molecule has 1 saturated carbocycles. The fourth-order valence-corrected chi connectivity index (χ4v) is 4.23. The molecule has 152 valence electrons.